The van der Waals surface area contributed by atoms with E-state index < -0.39 is 18.1 Å². The Morgan fingerprint density at radius 3 is 2.65 bits per heavy atom. The van der Waals surface area contributed by atoms with Crippen LogP contribution in [-0.2, 0) is 11.3 Å². The number of carbonyl (C=O) groups excluding carboxylic acids is 1. The maximum Gasteiger partial charge on any atom is 0.387 e. The Morgan fingerprint density at radius 2 is 2.00 bits per heavy atom. The standard InChI is InChI=1S/C14H17F2NO3/c15-13(16)20-11-6-2-1-5-10(11)9-17-12(18)14(19)7-3-4-8-14/h1-2,5-6,13,19H,3-4,7-9H2,(H,17,18). The molecule has 0 heterocycles. The molecule has 0 spiro atoms. The maximum absolute atomic E-state index is 12.3. The highest BCUT2D eigenvalue weighted by atomic mass is 19.3. The third-order valence-corrected chi connectivity index (χ3v) is 3.48. The Labute approximate surface area is 115 Å². The van der Waals surface area contributed by atoms with E-state index in [9.17, 15) is 18.7 Å². The second kappa shape index (κ2) is 6.17. The summed E-state index contributed by atoms with van der Waals surface area (Å²) >= 11 is 0. The zero-order valence-corrected chi connectivity index (χ0v) is 10.9. The number of para-hydroxylation sites is 1. The minimum absolute atomic E-state index is 0.0289. The molecule has 0 atom stereocenters. The normalized spacial score (nSPS) is 17.2. The predicted molar refractivity (Wildman–Crippen MR) is 68.3 cm³/mol. The van der Waals surface area contributed by atoms with Gasteiger partial charge in [-0.1, -0.05) is 18.2 Å². The van der Waals surface area contributed by atoms with Crippen molar-refractivity contribution in [3.63, 3.8) is 0 Å². The second-order valence-electron chi connectivity index (χ2n) is 4.91. The van der Waals surface area contributed by atoms with Gasteiger partial charge in [0.05, 0.1) is 0 Å². The molecule has 1 amide bonds. The molecule has 1 aliphatic rings. The first-order valence-corrected chi connectivity index (χ1v) is 6.55. The molecule has 0 unspecified atom stereocenters. The van der Waals surface area contributed by atoms with Crippen molar-refractivity contribution in [1.82, 2.24) is 5.32 Å². The van der Waals surface area contributed by atoms with Gasteiger partial charge in [-0.15, -0.1) is 0 Å². The highest BCUT2D eigenvalue weighted by molar-refractivity contribution is 5.85. The molecule has 2 rings (SSSR count). The lowest BCUT2D eigenvalue weighted by Gasteiger charge is -2.21. The molecule has 0 radical (unpaired) electrons. The molecule has 4 nitrogen and oxygen atoms in total. The lowest BCUT2D eigenvalue weighted by molar-refractivity contribution is -0.139. The van der Waals surface area contributed by atoms with Crippen LogP contribution in [0.15, 0.2) is 24.3 Å². The van der Waals surface area contributed by atoms with E-state index in [0.29, 0.717) is 18.4 Å². The smallest absolute Gasteiger partial charge is 0.387 e. The van der Waals surface area contributed by atoms with Crippen molar-refractivity contribution < 1.29 is 23.4 Å². The van der Waals surface area contributed by atoms with E-state index in [1.807, 2.05) is 0 Å². The van der Waals surface area contributed by atoms with Crippen molar-refractivity contribution in [3.05, 3.63) is 29.8 Å². The van der Waals surface area contributed by atoms with Gasteiger partial charge >= 0.3 is 6.61 Å². The van der Waals surface area contributed by atoms with E-state index >= 15 is 0 Å². The molecular weight excluding hydrogens is 268 g/mol. The summed E-state index contributed by atoms with van der Waals surface area (Å²) in [6.07, 6.45) is 2.51. The molecule has 6 heteroatoms. The molecule has 1 aliphatic carbocycles. The summed E-state index contributed by atoms with van der Waals surface area (Å²) in [4.78, 5) is 11.9. The van der Waals surface area contributed by atoms with Crippen LogP contribution in [0, 0.1) is 0 Å². The van der Waals surface area contributed by atoms with E-state index in [1.165, 1.54) is 6.07 Å². The highest BCUT2D eigenvalue weighted by Crippen LogP contribution is 2.29. The topological polar surface area (TPSA) is 58.6 Å². The fourth-order valence-electron chi connectivity index (χ4n) is 2.39. The first-order valence-electron chi connectivity index (χ1n) is 6.55. The Balaban J connectivity index is 1.98. The average Bonchev–Trinajstić information content (AvgIpc) is 2.85. The van der Waals surface area contributed by atoms with E-state index in [4.69, 9.17) is 0 Å². The van der Waals surface area contributed by atoms with Gasteiger partial charge in [-0.05, 0) is 31.7 Å². The molecule has 110 valence electrons. The third-order valence-electron chi connectivity index (χ3n) is 3.48. The first-order chi connectivity index (χ1) is 9.51. The van der Waals surface area contributed by atoms with Crippen LogP contribution in [0.3, 0.4) is 0 Å². The Kier molecular flexibility index (Phi) is 4.54. The molecule has 1 saturated carbocycles. The fourth-order valence-corrected chi connectivity index (χ4v) is 2.39. The van der Waals surface area contributed by atoms with Crippen LogP contribution in [0.25, 0.3) is 0 Å². The van der Waals surface area contributed by atoms with Crippen molar-refractivity contribution in [1.29, 1.82) is 0 Å². The van der Waals surface area contributed by atoms with Crippen LogP contribution < -0.4 is 10.1 Å². The van der Waals surface area contributed by atoms with Gasteiger partial charge in [-0.2, -0.15) is 8.78 Å². The SMILES string of the molecule is O=C(NCc1ccccc1OC(F)F)C1(O)CCCC1. The first kappa shape index (κ1) is 14.7. The van der Waals surface area contributed by atoms with Crippen molar-refractivity contribution >= 4 is 5.91 Å². The average molecular weight is 285 g/mol. The summed E-state index contributed by atoms with van der Waals surface area (Å²) in [6, 6.07) is 6.26. The third kappa shape index (κ3) is 3.45. The minimum atomic E-state index is -2.91. The van der Waals surface area contributed by atoms with Gasteiger partial charge in [-0.25, -0.2) is 0 Å². The summed E-state index contributed by atoms with van der Waals surface area (Å²) in [5.41, 5.74) is -0.874. The summed E-state index contributed by atoms with van der Waals surface area (Å²) < 4.78 is 28.9. The number of hydrogen-bond donors (Lipinski definition) is 2. The van der Waals surface area contributed by atoms with Gasteiger partial charge in [0.2, 0.25) is 0 Å². The van der Waals surface area contributed by atoms with Gasteiger partial charge in [0.25, 0.3) is 5.91 Å². The largest absolute Gasteiger partial charge is 0.434 e. The van der Waals surface area contributed by atoms with Crippen LogP contribution >= 0.6 is 0 Å². The monoisotopic (exact) mass is 285 g/mol. The number of alkyl halides is 2. The van der Waals surface area contributed by atoms with Crippen molar-refractivity contribution in [2.45, 2.75) is 44.4 Å². The zero-order valence-electron chi connectivity index (χ0n) is 10.9. The predicted octanol–water partition coefficient (Wildman–Crippen LogP) is 2.21. The van der Waals surface area contributed by atoms with E-state index in [0.717, 1.165) is 12.8 Å². The summed E-state index contributed by atoms with van der Waals surface area (Å²) in [5.74, 6) is -0.428. The van der Waals surface area contributed by atoms with Gasteiger partial charge in [0.1, 0.15) is 11.4 Å². The number of nitrogens with one attached hydrogen (secondary N) is 1. The molecule has 20 heavy (non-hydrogen) atoms. The molecule has 1 fully saturated rings. The van der Waals surface area contributed by atoms with Gasteiger partial charge in [0, 0.05) is 12.1 Å². The zero-order chi connectivity index (χ0) is 14.6. The quantitative estimate of drug-likeness (QED) is 0.872. The lowest BCUT2D eigenvalue weighted by Crippen LogP contribution is -2.44. The highest BCUT2D eigenvalue weighted by Gasteiger charge is 2.38. The van der Waals surface area contributed by atoms with E-state index in [1.54, 1.807) is 18.2 Å². The Morgan fingerprint density at radius 1 is 1.35 bits per heavy atom. The number of halogens is 2. The van der Waals surface area contributed by atoms with Crippen LogP contribution in [0.1, 0.15) is 31.2 Å². The molecule has 0 aliphatic heterocycles. The summed E-state index contributed by atoms with van der Waals surface area (Å²) in [6.45, 7) is -2.87. The molecule has 1 aromatic rings. The second-order valence-corrected chi connectivity index (χ2v) is 4.91. The lowest BCUT2D eigenvalue weighted by atomic mass is 10.0. The van der Waals surface area contributed by atoms with Crippen molar-refractivity contribution in [2.75, 3.05) is 0 Å². The molecular formula is C14H17F2NO3. The number of benzene rings is 1. The van der Waals surface area contributed by atoms with Crippen LogP contribution in [0.4, 0.5) is 8.78 Å². The van der Waals surface area contributed by atoms with Gasteiger partial charge in [-0.3, -0.25) is 4.79 Å². The molecule has 2 N–H and O–H groups in total. The van der Waals surface area contributed by atoms with Crippen LogP contribution in [-0.4, -0.2) is 23.2 Å². The van der Waals surface area contributed by atoms with Crippen LogP contribution in [0.2, 0.25) is 0 Å². The molecule has 0 bridgehead atoms. The van der Waals surface area contributed by atoms with Gasteiger partial charge in [0.15, 0.2) is 0 Å². The Bertz CT molecular complexity index is 473. The number of carbonyl (C=O) groups is 1. The number of ether oxygens (including phenoxy) is 1. The summed E-state index contributed by atoms with van der Waals surface area (Å²) in [5, 5.41) is 12.7. The van der Waals surface area contributed by atoms with Crippen molar-refractivity contribution in [2.24, 2.45) is 0 Å². The minimum Gasteiger partial charge on any atom is -0.434 e. The van der Waals surface area contributed by atoms with Crippen LogP contribution in [0.5, 0.6) is 5.75 Å². The molecule has 0 aromatic heterocycles. The fraction of sp³-hybridized carbons (Fsp3) is 0.500. The molecule has 0 saturated heterocycles. The van der Waals surface area contributed by atoms with Crippen molar-refractivity contribution in [3.8, 4) is 5.75 Å². The van der Waals surface area contributed by atoms with E-state index in [2.05, 4.69) is 10.1 Å². The number of aliphatic hydroxyl groups is 1. The maximum atomic E-state index is 12.3. The van der Waals surface area contributed by atoms with E-state index in [-0.39, 0.29) is 12.3 Å². The molecule has 1 aromatic carbocycles. The van der Waals surface area contributed by atoms with Gasteiger partial charge < -0.3 is 15.2 Å². The Hall–Kier alpha value is -1.69. The number of hydrogen-bond acceptors (Lipinski definition) is 3. The summed E-state index contributed by atoms with van der Waals surface area (Å²) in [7, 11) is 0. The number of rotatable bonds is 5. The number of amides is 1.